The highest BCUT2D eigenvalue weighted by atomic mass is 16.5. The third-order valence-electron chi connectivity index (χ3n) is 1.30. The molecule has 0 N–H and O–H groups in total. The van der Waals surface area contributed by atoms with Gasteiger partial charge in [-0.1, -0.05) is 0 Å². The highest BCUT2D eigenvalue weighted by Crippen LogP contribution is 1.96. The number of rotatable bonds is 4. The number of hydrogen-bond acceptors (Lipinski definition) is 5. The summed E-state index contributed by atoms with van der Waals surface area (Å²) in [5.41, 5.74) is 0. The fourth-order valence-electron chi connectivity index (χ4n) is 0.783. The number of aliphatic imine (C=N–C) groups is 1. The lowest BCUT2D eigenvalue weighted by Gasteiger charge is -2.05. The van der Waals surface area contributed by atoms with Crippen molar-refractivity contribution in [1.29, 1.82) is 5.26 Å². The van der Waals surface area contributed by atoms with Gasteiger partial charge in [0.05, 0.1) is 13.2 Å². The zero-order chi connectivity index (χ0) is 11.0. The standard InChI is InChI=1S/C9H14N2O3/c1-4-13-7(3)11-8(6-10)9(12)14-5-2/h8H,4-5H2,1-3H3/t8-/m0/s1. The molecule has 0 aliphatic heterocycles. The van der Waals surface area contributed by atoms with Crippen LogP contribution >= 0.6 is 0 Å². The van der Waals surface area contributed by atoms with Gasteiger partial charge in [0.15, 0.2) is 5.90 Å². The minimum Gasteiger partial charge on any atom is -0.481 e. The van der Waals surface area contributed by atoms with E-state index in [1.165, 1.54) is 0 Å². The van der Waals surface area contributed by atoms with E-state index in [4.69, 9.17) is 10.00 Å². The molecule has 5 nitrogen and oxygen atoms in total. The molecule has 14 heavy (non-hydrogen) atoms. The first-order valence-electron chi connectivity index (χ1n) is 4.39. The fraction of sp³-hybridized carbons (Fsp3) is 0.667. The normalized spacial score (nSPS) is 12.9. The summed E-state index contributed by atoms with van der Waals surface area (Å²) in [5.74, 6) is -0.332. The van der Waals surface area contributed by atoms with Crippen LogP contribution in [-0.4, -0.2) is 31.1 Å². The first-order valence-corrected chi connectivity index (χ1v) is 4.39. The lowest BCUT2D eigenvalue weighted by atomic mass is 10.3. The Kier molecular flexibility index (Phi) is 6.12. The van der Waals surface area contributed by atoms with Crippen molar-refractivity contribution >= 4 is 11.9 Å². The Morgan fingerprint density at radius 2 is 2.00 bits per heavy atom. The number of esters is 1. The van der Waals surface area contributed by atoms with Gasteiger partial charge in [0.1, 0.15) is 6.07 Å². The molecule has 0 radical (unpaired) electrons. The zero-order valence-corrected chi connectivity index (χ0v) is 8.61. The predicted molar refractivity (Wildman–Crippen MR) is 50.8 cm³/mol. The van der Waals surface area contributed by atoms with Gasteiger partial charge in [-0.2, -0.15) is 5.26 Å². The maximum absolute atomic E-state index is 11.1. The number of carbonyl (C=O) groups excluding carboxylic acids is 1. The largest absolute Gasteiger partial charge is 0.481 e. The quantitative estimate of drug-likeness (QED) is 0.382. The molecule has 0 aliphatic carbocycles. The maximum atomic E-state index is 11.1. The Bertz CT molecular complexity index is 255. The van der Waals surface area contributed by atoms with Gasteiger partial charge in [-0.3, -0.25) is 0 Å². The molecule has 0 bridgehead atoms. The Hall–Kier alpha value is -1.57. The van der Waals surface area contributed by atoms with Crippen molar-refractivity contribution in [3.05, 3.63) is 0 Å². The van der Waals surface area contributed by atoms with Crippen LogP contribution in [0.1, 0.15) is 20.8 Å². The number of nitrogens with zero attached hydrogens (tertiary/aromatic N) is 2. The van der Waals surface area contributed by atoms with Crippen molar-refractivity contribution in [2.45, 2.75) is 26.8 Å². The van der Waals surface area contributed by atoms with Crippen LogP contribution in [0, 0.1) is 11.3 Å². The van der Waals surface area contributed by atoms with E-state index in [0.717, 1.165) is 0 Å². The van der Waals surface area contributed by atoms with Crippen molar-refractivity contribution < 1.29 is 14.3 Å². The summed E-state index contributed by atoms with van der Waals surface area (Å²) in [6.45, 7) is 5.75. The summed E-state index contributed by atoms with van der Waals surface area (Å²) in [4.78, 5) is 14.9. The van der Waals surface area contributed by atoms with E-state index in [1.54, 1.807) is 26.8 Å². The molecular weight excluding hydrogens is 184 g/mol. The van der Waals surface area contributed by atoms with E-state index in [2.05, 4.69) is 9.73 Å². The molecule has 1 atom stereocenters. The summed E-state index contributed by atoms with van der Waals surface area (Å²) in [6, 6.07) is 0.610. The van der Waals surface area contributed by atoms with E-state index in [1.807, 2.05) is 0 Å². The predicted octanol–water partition coefficient (Wildman–Crippen LogP) is 0.897. The molecule has 0 aromatic rings. The lowest BCUT2D eigenvalue weighted by molar-refractivity contribution is -0.143. The average molecular weight is 198 g/mol. The lowest BCUT2D eigenvalue weighted by Crippen LogP contribution is -2.21. The summed E-state index contributed by atoms with van der Waals surface area (Å²) >= 11 is 0. The van der Waals surface area contributed by atoms with Crippen molar-refractivity contribution in [3.63, 3.8) is 0 Å². The highest BCUT2D eigenvalue weighted by Gasteiger charge is 2.18. The Morgan fingerprint density at radius 1 is 1.43 bits per heavy atom. The van der Waals surface area contributed by atoms with Crippen LogP contribution in [0.5, 0.6) is 0 Å². The monoisotopic (exact) mass is 198 g/mol. The summed E-state index contributed by atoms with van der Waals surface area (Å²) in [5, 5.41) is 8.63. The molecule has 5 heteroatoms. The van der Waals surface area contributed by atoms with Crippen LogP contribution in [0.3, 0.4) is 0 Å². The van der Waals surface area contributed by atoms with Crippen molar-refractivity contribution in [1.82, 2.24) is 0 Å². The van der Waals surface area contributed by atoms with Crippen molar-refractivity contribution in [2.75, 3.05) is 13.2 Å². The van der Waals surface area contributed by atoms with Crippen LogP contribution in [0.25, 0.3) is 0 Å². The van der Waals surface area contributed by atoms with Gasteiger partial charge in [0, 0.05) is 6.92 Å². The number of ether oxygens (including phenoxy) is 2. The topological polar surface area (TPSA) is 71.7 Å². The molecule has 0 saturated heterocycles. The van der Waals surface area contributed by atoms with Crippen molar-refractivity contribution in [2.24, 2.45) is 4.99 Å². The van der Waals surface area contributed by atoms with Crippen LogP contribution in [0.15, 0.2) is 4.99 Å². The van der Waals surface area contributed by atoms with E-state index < -0.39 is 12.0 Å². The second kappa shape index (κ2) is 6.89. The molecule has 0 amide bonds. The molecule has 0 rings (SSSR count). The number of hydrogen-bond donors (Lipinski definition) is 0. The molecular formula is C9H14N2O3. The minimum absolute atomic E-state index is 0.236. The van der Waals surface area contributed by atoms with Crippen LogP contribution in [0.4, 0.5) is 0 Å². The summed E-state index contributed by atoms with van der Waals surface area (Å²) in [7, 11) is 0. The summed E-state index contributed by atoms with van der Waals surface area (Å²) in [6.07, 6.45) is 0. The second-order valence-electron chi connectivity index (χ2n) is 2.36. The molecule has 0 aromatic heterocycles. The molecule has 0 spiro atoms. The van der Waals surface area contributed by atoms with Crippen LogP contribution in [-0.2, 0) is 14.3 Å². The van der Waals surface area contributed by atoms with E-state index in [-0.39, 0.29) is 6.61 Å². The molecule has 0 aliphatic rings. The van der Waals surface area contributed by atoms with E-state index >= 15 is 0 Å². The SMILES string of the molecule is CCOC(=O)[C@H](C#N)N=C(C)OCC. The van der Waals surface area contributed by atoms with E-state index in [9.17, 15) is 4.79 Å². The molecule has 0 aromatic carbocycles. The smallest absolute Gasteiger partial charge is 0.345 e. The van der Waals surface area contributed by atoms with Gasteiger partial charge < -0.3 is 9.47 Å². The Labute approximate surface area is 83.3 Å². The molecule has 78 valence electrons. The minimum atomic E-state index is -1.12. The fourth-order valence-corrected chi connectivity index (χ4v) is 0.783. The van der Waals surface area contributed by atoms with Gasteiger partial charge in [0.25, 0.3) is 0 Å². The second-order valence-corrected chi connectivity index (χ2v) is 2.36. The van der Waals surface area contributed by atoms with Gasteiger partial charge in [-0.15, -0.1) is 0 Å². The van der Waals surface area contributed by atoms with Gasteiger partial charge in [0.2, 0.25) is 6.04 Å². The summed E-state index contributed by atoms with van der Waals surface area (Å²) < 4.78 is 9.64. The zero-order valence-electron chi connectivity index (χ0n) is 8.61. The van der Waals surface area contributed by atoms with Gasteiger partial charge in [-0.05, 0) is 13.8 Å². The Morgan fingerprint density at radius 3 is 2.43 bits per heavy atom. The molecule has 0 fully saturated rings. The Balaban J connectivity index is 4.36. The van der Waals surface area contributed by atoms with Crippen LogP contribution in [0.2, 0.25) is 0 Å². The number of carbonyl (C=O) groups is 1. The molecule has 0 heterocycles. The number of nitriles is 1. The third kappa shape index (κ3) is 4.45. The highest BCUT2D eigenvalue weighted by molar-refractivity contribution is 5.83. The third-order valence-corrected chi connectivity index (χ3v) is 1.30. The maximum Gasteiger partial charge on any atom is 0.345 e. The van der Waals surface area contributed by atoms with Gasteiger partial charge in [-0.25, -0.2) is 9.79 Å². The molecule has 0 saturated carbocycles. The van der Waals surface area contributed by atoms with E-state index in [0.29, 0.717) is 12.5 Å². The average Bonchev–Trinajstić information content (AvgIpc) is 2.15. The van der Waals surface area contributed by atoms with Crippen LogP contribution < -0.4 is 0 Å². The molecule has 0 unspecified atom stereocenters. The first-order chi connectivity index (χ1) is 6.65. The van der Waals surface area contributed by atoms with Crippen molar-refractivity contribution in [3.8, 4) is 6.07 Å². The first kappa shape index (κ1) is 12.4. The van der Waals surface area contributed by atoms with Gasteiger partial charge >= 0.3 is 5.97 Å².